The molecule has 0 saturated carbocycles. The molecule has 0 heterocycles. The number of hydrogen-bond donors (Lipinski definition) is 1. The highest BCUT2D eigenvalue weighted by molar-refractivity contribution is 7.89. The third-order valence-electron chi connectivity index (χ3n) is 3.08. The molecular formula is C14H22N2O4S. The number of carbonyl (C=O) groups excluding carboxylic acids is 1. The molecule has 0 saturated heterocycles. The summed E-state index contributed by atoms with van der Waals surface area (Å²) in [5.74, 6) is -0.199. The van der Waals surface area contributed by atoms with Crippen molar-refractivity contribution >= 4 is 15.9 Å². The Hall–Kier alpha value is -1.44. The zero-order valence-electron chi connectivity index (χ0n) is 12.6. The summed E-state index contributed by atoms with van der Waals surface area (Å²) in [6.45, 7) is 2.72. The largest absolute Gasteiger partial charge is 0.352 e. The lowest BCUT2D eigenvalue weighted by Gasteiger charge is -2.14. The number of amides is 1. The van der Waals surface area contributed by atoms with Gasteiger partial charge in [0.25, 0.3) is 15.9 Å². The normalized spacial score (nSPS) is 11.6. The zero-order chi connectivity index (χ0) is 15.9. The Balaban J connectivity index is 2.72. The molecule has 0 fully saturated rings. The number of nitrogens with one attached hydrogen (secondary N) is 1. The Morgan fingerprint density at radius 1 is 1.24 bits per heavy atom. The van der Waals surface area contributed by atoms with Crippen LogP contribution in [0.4, 0.5) is 0 Å². The van der Waals surface area contributed by atoms with Crippen LogP contribution in [0.25, 0.3) is 0 Å². The van der Waals surface area contributed by atoms with Gasteiger partial charge >= 0.3 is 0 Å². The Morgan fingerprint density at radius 2 is 1.86 bits per heavy atom. The topological polar surface area (TPSA) is 75.7 Å². The van der Waals surface area contributed by atoms with E-state index in [9.17, 15) is 13.2 Å². The third kappa shape index (κ3) is 4.80. The lowest BCUT2D eigenvalue weighted by Crippen LogP contribution is -2.26. The quantitative estimate of drug-likeness (QED) is 0.586. The van der Waals surface area contributed by atoms with E-state index in [1.54, 1.807) is 0 Å². The Bertz CT molecular complexity index is 555. The average molecular weight is 314 g/mol. The van der Waals surface area contributed by atoms with Gasteiger partial charge in [-0.3, -0.25) is 9.63 Å². The molecule has 6 nitrogen and oxygen atoms in total. The van der Waals surface area contributed by atoms with Crippen LogP contribution < -0.4 is 5.32 Å². The highest BCUT2D eigenvalue weighted by atomic mass is 32.2. The lowest BCUT2D eigenvalue weighted by molar-refractivity contribution is -0.0258. The molecule has 0 aliphatic heterocycles. The van der Waals surface area contributed by atoms with E-state index < -0.39 is 10.0 Å². The summed E-state index contributed by atoms with van der Waals surface area (Å²) in [6, 6.07) is 5.77. The summed E-state index contributed by atoms with van der Waals surface area (Å²) in [7, 11) is -1.09. The fourth-order valence-electron chi connectivity index (χ4n) is 1.70. The molecule has 118 valence electrons. The van der Waals surface area contributed by atoms with Gasteiger partial charge in [0.2, 0.25) is 0 Å². The van der Waals surface area contributed by atoms with Gasteiger partial charge in [0, 0.05) is 19.2 Å². The maximum absolute atomic E-state index is 12.0. The number of sulfonamides is 1. The second kappa shape index (κ2) is 8.11. The monoisotopic (exact) mass is 314 g/mol. The fraction of sp³-hybridized carbons (Fsp3) is 0.500. The molecule has 0 spiro atoms. The van der Waals surface area contributed by atoms with Crippen molar-refractivity contribution < 1.29 is 18.0 Å². The van der Waals surface area contributed by atoms with E-state index in [-0.39, 0.29) is 10.8 Å². The molecule has 1 amide bonds. The summed E-state index contributed by atoms with van der Waals surface area (Å²) >= 11 is 0. The van der Waals surface area contributed by atoms with Gasteiger partial charge in [-0.15, -0.1) is 0 Å². The fourth-order valence-corrected chi connectivity index (χ4v) is 2.68. The highest BCUT2D eigenvalue weighted by Gasteiger charge is 2.20. The van der Waals surface area contributed by atoms with Crippen molar-refractivity contribution in [2.45, 2.75) is 31.1 Å². The molecule has 1 aromatic rings. The van der Waals surface area contributed by atoms with E-state index in [0.717, 1.165) is 23.7 Å². The van der Waals surface area contributed by atoms with Crippen LogP contribution in [0.5, 0.6) is 0 Å². The Labute approximate surface area is 126 Å². The second-order valence-corrected chi connectivity index (χ2v) is 6.52. The maximum atomic E-state index is 12.0. The number of hydroxylamine groups is 1. The molecule has 0 unspecified atom stereocenters. The first-order chi connectivity index (χ1) is 9.93. The van der Waals surface area contributed by atoms with Crippen molar-refractivity contribution in [3.8, 4) is 0 Å². The van der Waals surface area contributed by atoms with E-state index in [0.29, 0.717) is 12.1 Å². The van der Waals surface area contributed by atoms with Crippen LogP contribution in [0, 0.1) is 0 Å². The number of unbranched alkanes of at least 4 members (excludes halogenated alkanes) is 2. The summed E-state index contributed by atoms with van der Waals surface area (Å²) in [6.07, 6.45) is 3.10. The smallest absolute Gasteiger partial charge is 0.264 e. The Kier molecular flexibility index (Phi) is 6.80. The van der Waals surface area contributed by atoms with Crippen LogP contribution in [-0.2, 0) is 14.9 Å². The van der Waals surface area contributed by atoms with Crippen LogP contribution >= 0.6 is 0 Å². The molecule has 1 rings (SSSR count). The van der Waals surface area contributed by atoms with Crippen molar-refractivity contribution in [3.63, 3.8) is 0 Å². The van der Waals surface area contributed by atoms with Crippen LogP contribution in [0.15, 0.2) is 29.2 Å². The van der Waals surface area contributed by atoms with Gasteiger partial charge in [0.05, 0.1) is 12.0 Å². The van der Waals surface area contributed by atoms with E-state index >= 15 is 0 Å². The van der Waals surface area contributed by atoms with Crippen molar-refractivity contribution in [3.05, 3.63) is 29.8 Å². The predicted octanol–water partition coefficient (Wildman–Crippen LogP) is 1.79. The first kappa shape index (κ1) is 17.6. The van der Waals surface area contributed by atoms with Crippen LogP contribution in [0.1, 0.15) is 36.5 Å². The summed E-state index contributed by atoms with van der Waals surface area (Å²) < 4.78 is 24.7. The third-order valence-corrected chi connectivity index (χ3v) is 4.77. The summed E-state index contributed by atoms with van der Waals surface area (Å²) in [5, 5.41) is 2.80. The van der Waals surface area contributed by atoms with Crippen LogP contribution in [0.2, 0.25) is 0 Å². The van der Waals surface area contributed by atoms with Gasteiger partial charge < -0.3 is 5.32 Å². The SMILES string of the molecule is CCCCCNC(=O)c1ccc(S(=O)(=O)N(C)OC)cc1. The highest BCUT2D eigenvalue weighted by Crippen LogP contribution is 2.15. The predicted molar refractivity (Wildman–Crippen MR) is 80.3 cm³/mol. The molecule has 0 aliphatic carbocycles. The van der Waals surface area contributed by atoms with Crippen LogP contribution in [0.3, 0.4) is 0 Å². The molecule has 0 aliphatic rings. The number of nitrogens with zero attached hydrogens (tertiary/aromatic N) is 1. The maximum Gasteiger partial charge on any atom is 0.264 e. The van der Waals surface area contributed by atoms with E-state index in [4.69, 9.17) is 0 Å². The molecule has 1 aromatic carbocycles. The minimum absolute atomic E-state index is 0.0781. The van der Waals surface area contributed by atoms with E-state index in [1.807, 2.05) is 0 Å². The van der Waals surface area contributed by atoms with Gasteiger partial charge in [0.1, 0.15) is 0 Å². The van der Waals surface area contributed by atoms with Gasteiger partial charge in [-0.1, -0.05) is 24.2 Å². The first-order valence-corrected chi connectivity index (χ1v) is 8.28. The number of hydrogen-bond acceptors (Lipinski definition) is 4. The van der Waals surface area contributed by atoms with Gasteiger partial charge in [0.15, 0.2) is 0 Å². The van der Waals surface area contributed by atoms with Gasteiger partial charge in [-0.25, -0.2) is 8.42 Å². The molecule has 7 heteroatoms. The van der Waals surface area contributed by atoms with Crippen molar-refractivity contribution in [1.29, 1.82) is 0 Å². The average Bonchev–Trinajstić information content (AvgIpc) is 2.50. The van der Waals surface area contributed by atoms with E-state index in [2.05, 4.69) is 17.1 Å². The minimum Gasteiger partial charge on any atom is -0.352 e. The molecule has 1 N–H and O–H groups in total. The van der Waals surface area contributed by atoms with Crippen LogP contribution in [-0.4, -0.2) is 39.5 Å². The molecule has 0 bridgehead atoms. The van der Waals surface area contributed by atoms with Gasteiger partial charge in [-0.05, 0) is 30.7 Å². The number of carbonyl (C=O) groups is 1. The second-order valence-electron chi connectivity index (χ2n) is 4.58. The number of rotatable bonds is 8. The zero-order valence-corrected chi connectivity index (χ0v) is 13.4. The minimum atomic E-state index is -3.68. The molecule has 21 heavy (non-hydrogen) atoms. The van der Waals surface area contributed by atoms with Crippen molar-refractivity contribution in [1.82, 2.24) is 9.79 Å². The standard InChI is InChI=1S/C14H22N2O4S/c1-4-5-6-11-15-14(17)12-7-9-13(10-8-12)21(18,19)16(2)20-3/h7-10H,4-6,11H2,1-3H3,(H,15,17). The molecule has 0 atom stereocenters. The van der Waals surface area contributed by atoms with Crippen molar-refractivity contribution in [2.24, 2.45) is 0 Å². The van der Waals surface area contributed by atoms with Gasteiger partial charge in [-0.2, -0.15) is 0 Å². The molecule has 0 aromatic heterocycles. The molecule has 0 radical (unpaired) electrons. The van der Waals surface area contributed by atoms with E-state index in [1.165, 1.54) is 38.4 Å². The Morgan fingerprint density at radius 3 is 2.38 bits per heavy atom. The summed E-state index contributed by atoms with van der Waals surface area (Å²) in [4.78, 5) is 16.6. The molecular weight excluding hydrogens is 292 g/mol. The van der Waals surface area contributed by atoms with Crippen molar-refractivity contribution in [2.75, 3.05) is 20.7 Å². The first-order valence-electron chi connectivity index (χ1n) is 6.84. The lowest BCUT2D eigenvalue weighted by atomic mass is 10.2. The number of benzene rings is 1. The summed E-state index contributed by atoms with van der Waals surface area (Å²) in [5.41, 5.74) is 0.436.